The van der Waals surface area contributed by atoms with Gasteiger partial charge in [0.05, 0.1) is 25.2 Å². The van der Waals surface area contributed by atoms with E-state index in [4.69, 9.17) is 9.16 Å². The standard InChI is InChI=1S/C39H48N3O5PSi/c1-27-25-32(40-41(27)6)34(43)26-33-35(28(2)47-49(8,9)39(3,4)5)36(44)42(33)37(38(45)46-7)48(29-19-13-10-14-20-29,30-21-15-11-16-22-30)31-23-17-12-18-24-31/h10-25,28,33,35H,26H2,1-9H3/t28-,33-,35-/m1/s1. The number of esters is 1. The number of ketones is 1. The second-order valence-corrected chi connectivity index (χ2v) is 22.4. The molecule has 1 amide bonds. The number of likely N-dealkylation sites (tertiary alicyclic amines) is 1. The van der Waals surface area contributed by atoms with Crippen LogP contribution in [0, 0.1) is 12.8 Å². The number of aromatic nitrogens is 2. The third-order valence-electron chi connectivity index (χ3n) is 10.2. The minimum absolute atomic E-state index is 0.0308. The smallest absolute Gasteiger partial charge is 0.355 e. The van der Waals surface area contributed by atoms with Gasteiger partial charge in [-0.05, 0) is 54.0 Å². The lowest BCUT2D eigenvalue weighted by atomic mass is 9.80. The van der Waals surface area contributed by atoms with Gasteiger partial charge in [-0.2, -0.15) is 5.10 Å². The van der Waals surface area contributed by atoms with Crippen molar-refractivity contribution in [3.8, 4) is 0 Å². The number of rotatable bonds is 11. The maximum Gasteiger partial charge on any atom is 0.355 e. The van der Waals surface area contributed by atoms with E-state index in [9.17, 15) is 14.4 Å². The Morgan fingerprint density at radius 3 is 1.76 bits per heavy atom. The van der Waals surface area contributed by atoms with Gasteiger partial charge in [0.15, 0.2) is 14.1 Å². The van der Waals surface area contributed by atoms with Crippen LogP contribution in [0.4, 0.5) is 0 Å². The first-order chi connectivity index (χ1) is 23.1. The fraction of sp³-hybridized carbons (Fsp3) is 0.359. The van der Waals surface area contributed by atoms with Gasteiger partial charge in [-0.1, -0.05) is 112 Å². The quantitative estimate of drug-likeness (QED) is 0.0644. The lowest BCUT2D eigenvalue weighted by Gasteiger charge is -2.52. The van der Waals surface area contributed by atoms with Crippen LogP contribution in [-0.2, 0) is 25.8 Å². The van der Waals surface area contributed by atoms with Gasteiger partial charge in [0.1, 0.15) is 11.1 Å². The monoisotopic (exact) mass is 697 g/mol. The predicted octanol–water partition coefficient (Wildman–Crippen LogP) is 5.84. The predicted molar refractivity (Wildman–Crippen MR) is 201 cm³/mol. The Hall–Kier alpha value is -4.04. The van der Waals surface area contributed by atoms with Crippen LogP contribution in [-0.4, -0.2) is 65.3 Å². The minimum Gasteiger partial charge on any atom is -0.464 e. The molecule has 0 bridgehead atoms. The highest BCUT2D eigenvalue weighted by Gasteiger charge is 2.57. The van der Waals surface area contributed by atoms with Gasteiger partial charge in [-0.3, -0.25) is 14.3 Å². The molecular weight excluding hydrogens is 650 g/mol. The molecule has 0 N–H and O–H groups in total. The lowest BCUT2D eigenvalue weighted by Crippen LogP contribution is -2.69. The van der Waals surface area contributed by atoms with Gasteiger partial charge in [0.2, 0.25) is 5.91 Å². The topological polar surface area (TPSA) is 90.7 Å². The molecule has 5 rings (SSSR count). The molecule has 4 aromatic rings. The van der Waals surface area contributed by atoms with E-state index in [0.29, 0.717) is 5.69 Å². The summed E-state index contributed by atoms with van der Waals surface area (Å²) in [6.45, 7) is 11.5. The van der Waals surface area contributed by atoms with E-state index >= 15 is 0 Å². The number of ether oxygens (including phenoxy) is 1. The van der Waals surface area contributed by atoms with E-state index in [0.717, 1.165) is 21.6 Å². The van der Waals surface area contributed by atoms with Crippen LogP contribution in [0.5, 0.6) is 0 Å². The van der Waals surface area contributed by atoms with Gasteiger partial charge >= 0.3 is 5.97 Å². The number of amides is 1. The van der Waals surface area contributed by atoms with E-state index in [2.05, 4.69) is 39.0 Å². The summed E-state index contributed by atoms with van der Waals surface area (Å²) in [5.41, 5.74) is 1.42. The summed E-state index contributed by atoms with van der Waals surface area (Å²) in [4.78, 5) is 45.0. The van der Waals surface area contributed by atoms with Gasteiger partial charge in [-0.15, -0.1) is 0 Å². The largest absolute Gasteiger partial charge is 0.464 e. The molecule has 8 nitrogen and oxygen atoms in total. The van der Waals surface area contributed by atoms with Gasteiger partial charge in [0.25, 0.3) is 0 Å². The Bertz CT molecular complexity index is 1760. The SMILES string of the molecule is COC(=O)C(N1C(=O)[C@H]([C@@H](C)O[Si](C)(C)C(C)(C)C)[C@H]1CC(=O)c1cc(C)n(C)n1)=P(c1ccccc1)(c1ccccc1)c1ccccc1. The number of Topliss-reactive ketones (excluding diaryl/α,β-unsaturated/α-hetero) is 1. The van der Waals surface area contributed by atoms with Crippen LogP contribution in [0.2, 0.25) is 18.1 Å². The fourth-order valence-corrected chi connectivity index (χ4v) is 12.4. The van der Waals surface area contributed by atoms with Gasteiger partial charge in [-0.25, -0.2) is 4.79 Å². The Balaban J connectivity index is 1.82. The Morgan fingerprint density at radius 2 is 1.37 bits per heavy atom. The zero-order chi connectivity index (χ0) is 35.7. The third kappa shape index (κ3) is 6.64. The summed E-state index contributed by atoms with van der Waals surface area (Å²) in [5, 5.41) is 7.03. The number of benzene rings is 3. The fourth-order valence-electron chi connectivity index (χ4n) is 6.52. The summed E-state index contributed by atoms with van der Waals surface area (Å²) in [6.07, 6.45) is -0.526. The average Bonchev–Trinajstić information content (AvgIpc) is 3.42. The highest BCUT2D eigenvalue weighted by Crippen LogP contribution is 2.50. The van der Waals surface area contributed by atoms with E-state index in [1.54, 1.807) is 22.7 Å². The first-order valence-electron chi connectivity index (χ1n) is 16.7. The van der Waals surface area contributed by atoms with Crippen LogP contribution in [0.15, 0.2) is 97.1 Å². The molecule has 0 radical (unpaired) electrons. The van der Waals surface area contributed by atoms with Crippen molar-refractivity contribution in [2.24, 2.45) is 13.0 Å². The van der Waals surface area contributed by atoms with Crippen LogP contribution < -0.4 is 15.9 Å². The Morgan fingerprint density at radius 1 is 0.898 bits per heavy atom. The normalized spacial score (nSPS) is 17.3. The molecule has 49 heavy (non-hydrogen) atoms. The van der Waals surface area contributed by atoms with Crippen molar-refractivity contribution in [3.05, 3.63) is 108 Å². The van der Waals surface area contributed by atoms with Crippen molar-refractivity contribution in [3.63, 3.8) is 0 Å². The molecule has 1 fully saturated rings. The molecule has 2 heterocycles. The number of aryl methyl sites for hydroxylation is 2. The molecule has 3 atom stereocenters. The number of methoxy groups -OCH3 is 1. The number of hydrogen-bond acceptors (Lipinski definition) is 6. The molecular formula is C39H48N3O5PSi. The average molecular weight is 698 g/mol. The van der Waals surface area contributed by atoms with Crippen molar-refractivity contribution in [2.75, 3.05) is 7.11 Å². The van der Waals surface area contributed by atoms with E-state index < -0.39 is 39.2 Å². The second kappa shape index (κ2) is 14.1. The van der Waals surface area contributed by atoms with Crippen molar-refractivity contribution in [1.29, 1.82) is 0 Å². The second-order valence-electron chi connectivity index (χ2n) is 14.3. The summed E-state index contributed by atoms with van der Waals surface area (Å²) >= 11 is 0. The van der Waals surface area contributed by atoms with E-state index in [1.165, 1.54) is 7.11 Å². The molecule has 0 saturated carbocycles. The summed E-state index contributed by atoms with van der Waals surface area (Å²) in [6, 6.07) is 30.7. The van der Waals surface area contributed by atoms with Crippen molar-refractivity contribution < 1.29 is 23.5 Å². The van der Waals surface area contributed by atoms with Crippen LogP contribution >= 0.6 is 6.89 Å². The number of carbonyl (C=O) groups excluding carboxylic acids is 3. The minimum atomic E-state index is -3.09. The maximum absolute atomic E-state index is 14.8. The van der Waals surface area contributed by atoms with E-state index in [1.807, 2.05) is 105 Å². The number of carbonyl (C=O) groups is 3. The highest BCUT2D eigenvalue weighted by atomic mass is 31.2. The Labute approximate surface area is 291 Å². The third-order valence-corrected chi connectivity index (χ3v) is 19.0. The molecule has 1 aliphatic heterocycles. The zero-order valence-electron chi connectivity index (χ0n) is 30.0. The lowest BCUT2D eigenvalue weighted by molar-refractivity contribution is -0.156. The molecule has 0 aliphatic carbocycles. The summed E-state index contributed by atoms with van der Waals surface area (Å²) in [5.74, 6) is -1.73. The van der Waals surface area contributed by atoms with Gasteiger partial charge < -0.3 is 14.1 Å². The Kier molecular flexibility index (Phi) is 10.4. The van der Waals surface area contributed by atoms with Crippen LogP contribution in [0.3, 0.4) is 0 Å². The van der Waals surface area contributed by atoms with Gasteiger partial charge in [0, 0.05) is 26.0 Å². The number of β-lactam (4-membered cyclic amide) rings is 1. The molecule has 3 aromatic carbocycles. The van der Waals surface area contributed by atoms with E-state index in [-0.39, 0.29) is 28.6 Å². The van der Waals surface area contributed by atoms with Crippen molar-refractivity contribution in [2.45, 2.75) is 71.3 Å². The number of nitrogens with zero attached hydrogens (tertiary/aromatic N) is 3. The van der Waals surface area contributed by atoms with Crippen LogP contribution in [0.25, 0.3) is 0 Å². The van der Waals surface area contributed by atoms with Crippen molar-refractivity contribution >= 4 is 54.2 Å². The first kappa shape index (κ1) is 36.2. The molecule has 0 unspecified atom stereocenters. The molecule has 10 heteroatoms. The molecule has 1 aliphatic rings. The zero-order valence-corrected chi connectivity index (χ0v) is 31.9. The molecule has 0 spiro atoms. The molecule has 258 valence electrons. The highest BCUT2D eigenvalue weighted by molar-refractivity contribution is 7.96. The molecule has 1 aromatic heterocycles. The van der Waals surface area contributed by atoms with Crippen LogP contribution in [0.1, 0.15) is 50.3 Å². The summed E-state index contributed by atoms with van der Waals surface area (Å²) < 4.78 is 14.1. The van der Waals surface area contributed by atoms with Crippen molar-refractivity contribution in [1.82, 2.24) is 14.7 Å². The number of hydrogen-bond donors (Lipinski definition) is 0. The first-order valence-corrected chi connectivity index (χ1v) is 21.4. The maximum atomic E-state index is 14.8. The molecule has 1 saturated heterocycles. The summed E-state index contributed by atoms with van der Waals surface area (Å²) in [7, 11) is 0.828.